The SMILES string of the molecule is Cc1cc(C)cc(N([C@@H](C)C(=O)N[C@H](C)COc2ccccc2C)S(C)(=O)=O)c1. The van der Waals surface area contributed by atoms with Crippen molar-refractivity contribution in [2.24, 2.45) is 0 Å². The standard InChI is InChI=1S/C22H30N2O4S/c1-15-11-16(2)13-20(12-15)24(29(6,26)27)19(5)22(25)23-18(4)14-28-21-10-8-7-9-17(21)3/h7-13,18-19H,14H2,1-6H3,(H,23,25)/t18-,19+/m1/s1. The number of carbonyl (C=O) groups is 1. The lowest BCUT2D eigenvalue weighted by molar-refractivity contribution is -0.122. The Balaban J connectivity index is 2.11. The molecule has 0 aliphatic carbocycles. The zero-order valence-corrected chi connectivity index (χ0v) is 18.7. The Bertz CT molecular complexity index is 952. The molecule has 2 aromatic carbocycles. The van der Waals surface area contributed by atoms with E-state index in [2.05, 4.69) is 5.32 Å². The quantitative estimate of drug-likeness (QED) is 0.713. The lowest BCUT2D eigenvalue weighted by atomic mass is 10.1. The predicted molar refractivity (Wildman–Crippen MR) is 117 cm³/mol. The summed E-state index contributed by atoms with van der Waals surface area (Å²) in [6.07, 6.45) is 1.11. The number of anilines is 1. The van der Waals surface area contributed by atoms with Gasteiger partial charge in [0.1, 0.15) is 18.4 Å². The third-order valence-electron chi connectivity index (χ3n) is 4.52. The first kappa shape index (κ1) is 22.7. The summed E-state index contributed by atoms with van der Waals surface area (Å²) in [6.45, 7) is 9.44. The minimum atomic E-state index is -3.65. The van der Waals surface area contributed by atoms with Crippen LogP contribution in [0.15, 0.2) is 42.5 Å². The minimum Gasteiger partial charge on any atom is -0.491 e. The number of nitrogens with zero attached hydrogens (tertiary/aromatic N) is 1. The third kappa shape index (κ3) is 6.22. The van der Waals surface area contributed by atoms with Crippen LogP contribution in [0.2, 0.25) is 0 Å². The van der Waals surface area contributed by atoms with Crippen LogP contribution in [0, 0.1) is 20.8 Å². The maximum Gasteiger partial charge on any atom is 0.243 e. The molecule has 1 amide bonds. The number of sulfonamides is 1. The molecule has 0 saturated heterocycles. The molecular weight excluding hydrogens is 388 g/mol. The van der Waals surface area contributed by atoms with Gasteiger partial charge in [0, 0.05) is 0 Å². The maximum atomic E-state index is 12.8. The van der Waals surface area contributed by atoms with E-state index in [0.29, 0.717) is 5.69 Å². The van der Waals surface area contributed by atoms with Crippen molar-refractivity contribution in [3.8, 4) is 5.75 Å². The van der Waals surface area contributed by atoms with Crippen LogP contribution in [0.3, 0.4) is 0 Å². The van der Waals surface area contributed by atoms with E-state index in [1.54, 1.807) is 19.1 Å². The van der Waals surface area contributed by atoms with Crippen molar-refractivity contribution in [2.75, 3.05) is 17.2 Å². The van der Waals surface area contributed by atoms with Crippen molar-refractivity contribution >= 4 is 21.6 Å². The molecule has 0 aromatic heterocycles. The van der Waals surface area contributed by atoms with Gasteiger partial charge in [-0.1, -0.05) is 24.3 Å². The molecule has 2 aromatic rings. The second kappa shape index (κ2) is 9.31. The fraction of sp³-hybridized carbons (Fsp3) is 0.409. The van der Waals surface area contributed by atoms with Gasteiger partial charge in [-0.2, -0.15) is 0 Å². The van der Waals surface area contributed by atoms with Gasteiger partial charge in [0.2, 0.25) is 15.9 Å². The van der Waals surface area contributed by atoms with Gasteiger partial charge in [-0.25, -0.2) is 8.42 Å². The van der Waals surface area contributed by atoms with Crippen LogP contribution in [-0.4, -0.2) is 39.3 Å². The van der Waals surface area contributed by atoms with Crippen molar-refractivity contribution in [2.45, 2.75) is 46.7 Å². The summed E-state index contributed by atoms with van der Waals surface area (Å²) < 4.78 is 31.9. The van der Waals surface area contributed by atoms with Gasteiger partial charge in [-0.15, -0.1) is 0 Å². The zero-order chi connectivity index (χ0) is 21.8. The Labute approximate surface area is 173 Å². The topological polar surface area (TPSA) is 75.7 Å². The van der Waals surface area contributed by atoms with Gasteiger partial charge >= 0.3 is 0 Å². The summed E-state index contributed by atoms with van der Waals surface area (Å²) in [5.41, 5.74) is 3.36. The Hall–Kier alpha value is -2.54. The molecule has 0 fully saturated rings. The number of amides is 1. The molecule has 2 rings (SSSR count). The number of aryl methyl sites for hydroxylation is 3. The maximum absolute atomic E-state index is 12.8. The monoisotopic (exact) mass is 418 g/mol. The average molecular weight is 419 g/mol. The largest absolute Gasteiger partial charge is 0.491 e. The number of ether oxygens (including phenoxy) is 1. The van der Waals surface area contributed by atoms with Gasteiger partial charge in [-0.3, -0.25) is 9.10 Å². The van der Waals surface area contributed by atoms with Crippen LogP contribution in [0.4, 0.5) is 5.69 Å². The zero-order valence-electron chi connectivity index (χ0n) is 17.9. The van der Waals surface area contributed by atoms with E-state index in [1.165, 1.54) is 0 Å². The highest BCUT2D eigenvalue weighted by atomic mass is 32.2. The molecule has 0 heterocycles. The van der Waals surface area contributed by atoms with E-state index in [9.17, 15) is 13.2 Å². The van der Waals surface area contributed by atoms with Gasteiger partial charge in [0.05, 0.1) is 18.0 Å². The van der Waals surface area contributed by atoms with Crippen LogP contribution in [0.1, 0.15) is 30.5 Å². The average Bonchev–Trinajstić information content (AvgIpc) is 2.59. The first-order valence-corrected chi connectivity index (χ1v) is 11.4. The van der Waals surface area contributed by atoms with Crippen molar-refractivity contribution < 1.29 is 17.9 Å². The van der Waals surface area contributed by atoms with Crippen LogP contribution in [0.25, 0.3) is 0 Å². The molecule has 2 atom stereocenters. The molecule has 0 aliphatic heterocycles. The number of carbonyl (C=O) groups excluding carboxylic acids is 1. The second-order valence-electron chi connectivity index (χ2n) is 7.57. The Morgan fingerprint density at radius 3 is 2.21 bits per heavy atom. The summed E-state index contributed by atoms with van der Waals surface area (Å²) in [5.74, 6) is 0.380. The molecule has 0 bridgehead atoms. The fourth-order valence-electron chi connectivity index (χ4n) is 3.22. The van der Waals surface area contributed by atoms with Crippen molar-refractivity contribution in [3.05, 3.63) is 59.2 Å². The number of hydrogen-bond donors (Lipinski definition) is 1. The highest BCUT2D eigenvalue weighted by Crippen LogP contribution is 2.24. The minimum absolute atomic E-state index is 0.283. The van der Waals surface area contributed by atoms with Gasteiger partial charge in [0.15, 0.2) is 0 Å². The van der Waals surface area contributed by atoms with E-state index < -0.39 is 16.1 Å². The Morgan fingerprint density at radius 2 is 1.66 bits per heavy atom. The van der Waals surface area contributed by atoms with E-state index >= 15 is 0 Å². The number of para-hydroxylation sites is 1. The van der Waals surface area contributed by atoms with Gasteiger partial charge in [-0.05, 0) is 69.5 Å². The van der Waals surface area contributed by atoms with Crippen molar-refractivity contribution in [3.63, 3.8) is 0 Å². The summed E-state index contributed by atoms with van der Waals surface area (Å²) in [6, 6.07) is 12.0. The number of hydrogen-bond acceptors (Lipinski definition) is 4. The first-order valence-electron chi connectivity index (χ1n) is 9.55. The second-order valence-corrected chi connectivity index (χ2v) is 9.43. The number of rotatable bonds is 8. The van der Waals surface area contributed by atoms with Gasteiger partial charge < -0.3 is 10.1 Å². The molecular formula is C22H30N2O4S. The lowest BCUT2D eigenvalue weighted by Crippen LogP contribution is -2.50. The number of benzene rings is 2. The molecule has 0 unspecified atom stereocenters. The highest BCUT2D eigenvalue weighted by molar-refractivity contribution is 7.92. The summed E-state index contributed by atoms with van der Waals surface area (Å²) in [5, 5.41) is 2.85. The first-order chi connectivity index (χ1) is 13.5. The predicted octanol–water partition coefficient (Wildman–Crippen LogP) is 3.35. The molecule has 7 heteroatoms. The van der Waals surface area contributed by atoms with Crippen molar-refractivity contribution in [1.82, 2.24) is 5.32 Å². The summed E-state index contributed by atoms with van der Waals surface area (Å²) >= 11 is 0. The number of nitrogens with one attached hydrogen (secondary N) is 1. The Kier molecular flexibility index (Phi) is 7.30. The molecule has 0 radical (unpaired) electrons. The smallest absolute Gasteiger partial charge is 0.243 e. The molecule has 6 nitrogen and oxygen atoms in total. The molecule has 0 aliphatic rings. The Morgan fingerprint density at radius 1 is 1.07 bits per heavy atom. The molecule has 29 heavy (non-hydrogen) atoms. The fourth-order valence-corrected chi connectivity index (χ4v) is 4.38. The molecule has 0 saturated carbocycles. The van der Waals surface area contributed by atoms with Crippen LogP contribution in [0.5, 0.6) is 5.75 Å². The van der Waals surface area contributed by atoms with Gasteiger partial charge in [0.25, 0.3) is 0 Å². The van der Waals surface area contributed by atoms with Crippen LogP contribution in [-0.2, 0) is 14.8 Å². The van der Waals surface area contributed by atoms with Crippen LogP contribution >= 0.6 is 0 Å². The third-order valence-corrected chi connectivity index (χ3v) is 5.76. The molecule has 0 spiro atoms. The lowest BCUT2D eigenvalue weighted by Gasteiger charge is -2.29. The van der Waals surface area contributed by atoms with E-state index in [4.69, 9.17) is 4.74 Å². The highest BCUT2D eigenvalue weighted by Gasteiger charge is 2.30. The summed E-state index contributed by atoms with van der Waals surface area (Å²) in [4.78, 5) is 12.8. The molecule has 1 N–H and O–H groups in total. The van der Waals surface area contributed by atoms with E-state index in [1.807, 2.05) is 58.0 Å². The van der Waals surface area contributed by atoms with Crippen LogP contribution < -0.4 is 14.4 Å². The van der Waals surface area contributed by atoms with E-state index in [0.717, 1.165) is 33.0 Å². The van der Waals surface area contributed by atoms with Crippen molar-refractivity contribution in [1.29, 1.82) is 0 Å². The van der Waals surface area contributed by atoms with E-state index in [-0.39, 0.29) is 18.6 Å². The molecule has 158 valence electrons. The summed E-state index contributed by atoms with van der Waals surface area (Å²) in [7, 11) is -3.65. The normalized spacial score (nSPS) is 13.4.